The summed E-state index contributed by atoms with van der Waals surface area (Å²) in [6.45, 7) is 5.78. The summed E-state index contributed by atoms with van der Waals surface area (Å²) in [5.41, 5.74) is 6.86. The van der Waals surface area contributed by atoms with Crippen LogP contribution in [0.2, 0.25) is 0 Å². The van der Waals surface area contributed by atoms with Crippen LogP contribution in [0.4, 0.5) is 0 Å². The molecule has 1 amide bonds. The minimum absolute atomic E-state index is 0.0966. The molecule has 0 bridgehead atoms. The standard InChI is InChI=1S/C15H23N3OS/c1-4-11(2)18(3)9-8-17-15(19)13-7-5-6-12(10-13)14(16)20/h5-7,10-11H,4,8-9H2,1-3H3,(H2,16,20)(H,17,19). The molecular formula is C15H23N3OS. The molecule has 1 aromatic rings. The molecule has 1 rings (SSSR count). The SMILES string of the molecule is CCC(C)N(C)CCNC(=O)c1cccc(C(N)=S)c1. The van der Waals surface area contributed by atoms with E-state index in [0.717, 1.165) is 13.0 Å². The van der Waals surface area contributed by atoms with Gasteiger partial charge in [-0.3, -0.25) is 4.79 Å². The fourth-order valence-electron chi connectivity index (χ4n) is 1.79. The van der Waals surface area contributed by atoms with Crippen molar-refractivity contribution in [1.29, 1.82) is 0 Å². The number of nitrogens with one attached hydrogen (secondary N) is 1. The zero-order valence-electron chi connectivity index (χ0n) is 12.3. The van der Waals surface area contributed by atoms with Gasteiger partial charge in [0.25, 0.3) is 5.91 Å². The third kappa shape index (κ3) is 4.90. The maximum Gasteiger partial charge on any atom is 0.251 e. The molecule has 1 aromatic carbocycles. The summed E-state index contributed by atoms with van der Waals surface area (Å²) in [4.78, 5) is 14.6. The van der Waals surface area contributed by atoms with Gasteiger partial charge in [0, 0.05) is 30.3 Å². The molecule has 5 heteroatoms. The van der Waals surface area contributed by atoms with E-state index < -0.39 is 0 Å². The lowest BCUT2D eigenvalue weighted by Crippen LogP contribution is -2.37. The highest BCUT2D eigenvalue weighted by Gasteiger charge is 2.09. The smallest absolute Gasteiger partial charge is 0.251 e. The first kappa shape index (κ1) is 16.6. The van der Waals surface area contributed by atoms with E-state index in [9.17, 15) is 4.79 Å². The molecule has 20 heavy (non-hydrogen) atoms. The second-order valence-electron chi connectivity index (χ2n) is 4.94. The lowest BCUT2D eigenvalue weighted by atomic mass is 10.1. The molecule has 0 saturated carbocycles. The fraction of sp³-hybridized carbons (Fsp3) is 0.467. The second kappa shape index (κ2) is 7.97. The van der Waals surface area contributed by atoms with Crippen LogP contribution in [0.25, 0.3) is 0 Å². The summed E-state index contributed by atoms with van der Waals surface area (Å²) in [7, 11) is 2.06. The third-order valence-corrected chi connectivity index (χ3v) is 3.74. The summed E-state index contributed by atoms with van der Waals surface area (Å²) in [5.74, 6) is -0.0966. The topological polar surface area (TPSA) is 58.4 Å². The number of likely N-dealkylation sites (N-methyl/N-ethyl adjacent to an activating group) is 1. The molecule has 0 aliphatic carbocycles. The highest BCUT2D eigenvalue weighted by molar-refractivity contribution is 7.80. The van der Waals surface area contributed by atoms with Crippen LogP contribution in [0.15, 0.2) is 24.3 Å². The number of carbonyl (C=O) groups excluding carboxylic acids is 1. The molecule has 1 atom stereocenters. The molecule has 0 spiro atoms. The first-order valence-electron chi connectivity index (χ1n) is 6.84. The van der Waals surface area contributed by atoms with Gasteiger partial charge in [0.05, 0.1) is 0 Å². The average molecular weight is 293 g/mol. The van der Waals surface area contributed by atoms with Gasteiger partial charge in [0.2, 0.25) is 0 Å². The first-order chi connectivity index (χ1) is 9.45. The Bertz CT molecular complexity index is 476. The van der Waals surface area contributed by atoms with Crippen molar-refractivity contribution in [2.75, 3.05) is 20.1 Å². The Balaban J connectivity index is 2.51. The number of carbonyl (C=O) groups is 1. The molecule has 4 nitrogen and oxygen atoms in total. The Morgan fingerprint density at radius 2 is 2.10 bits per heavy atom. The van der Waals surface area contributed by atoms with Gasteiger partial charge in [-0.1, -0.05) is 31.3 Å². The zero-order chi connectivity index (χ0) is 15.1. The van der Waals surface area contributed by atoms with Crippen LogP contribution in [0, 0.1) is 0 Å². The number of nitrogens with two attached hydrogens (primary N) is 1. The summed E-state index contributed by atoms with van der Waals surface area (Å²) in [6.07, 6.45) is 1.10. The van der Waals surface area contributed by atoms with Crippen molar-refractivity contribution in [2.24, 2.45) is 5.73 Å². The Kier molecular flexibility index (Phi) is 6.61. The first-order valence-corrected chi connectivity index (χ1v) is 7.24. The summed E-state index contributed by atoms with van der Waals surface area (Å²) in [6, 6.07) is 7.58. The predicted molar refractivity (Wildman–Crippen MR) is 87.0 cm³/mol. The lowest BCUT2D eigenvalue weighted by molar-refractivity contribution is 0.0947. The monoisotopic (exact) mass is 293 g/mol. The van der Waals surface area contributed by atoms with Crippen LogP contribution in [0.3, 0.4) is 0 Å². The normalized spacial score (nSPS) is 12.2. The van der Waals surface area contributed by atoms with Gasteiger partial charge >= 0.3 is 0 Å². The van der Waals surface area contributed by atoms with E-state index in [1.54, 1.807) is 24.3 Å². The van der Waals surface area contributed by atoms with E-state index in [1.807, 2.05) is 0 Å². The van der Waals surface area contributed by atoms with Crippen LogP contribution < -0.4 is 11.1 Å². The maximum atomic E-state index is 12.0. The van der Waals surface area contributed by atoms with E-state index in [0.29, 0.717) is 28.7 Å². The average Bonchev–Trinajstić information content (AvgIpc) is 2.46. The minimum Gasteiger partial charge on any atom is -0.389 e. The van der Waals surface area contributed by atoms with Gasteiger partial charge < -0.3 is 16.0 Å². The molecule has 110 valence electrons. The quantitative estimate of drug-likeness (QED) is 0.752. The highest BCUT2D eigenvalue weighted by Crippen LogP contribution is 2.05. The van der Waals surface area contributed by atoms with Gasteiger partial charge in [-0.05, 0) is 32.5 Å². The molecule has 1 unspecified atom stereocenters. The number of hydrogen-bond donors (Lipinski definition) is 2. The van der Waals surface area contributed by atoms with Crippen molar-refractivity contribution < 1.29 is 4.79 Å². The zero-order valence-corrected chi connectivity index (χ0v) is 13.2. The molecule has 0 aliphatic heterocycles. The van der Waals surface area contributed by atoms with Gasteiger partial charge in [0.1, 0.15) is 4.99 Å². The van der Waals surface area contributed by atoms with Gasteiger partial charge in [-0.25, -0.2) is 0 Å². The largest absolute Gasteiger partial charge is 0.389 e. The van der Waals surface area contributed by atoms with Crippen LogP contribution in [0.1, 0.15) is 36.2 Å². The van der Waals surface area contributed by atoms with Crippen molar-refractivity contribution >= 4 is 23.1 Å². The van der Waals surface area contributed by atoms with Crippen molar-refractivity contribution in [1.82, 2.24) is 10.2 Å². The van der Waals surface area contributed by atoms with Crippen molar-refractivity contribution in [3.8, 4) is 0 Å². The molecule has 0 saturated heterocycles. The van der Waals surface area contributed by atoms with Crippen LogP contribution in [-0.2, 0) is 0 Å². The molecule has 3 N–H and O–H groups in total. The molecular weight excluding hydrogens is 270 g/mol. The molecule has 0 radical (unpaired) electrons. The summed E-state index contributed by atoms with van der Waals surface area (Å²) >= 11 is 4.91. The Hall–Kier alpha value is -1.46. The molecule has 0 aliphatic rings. The summed E-state index contributed by atoms with van der Waals surface area (Å²) < 4.78 is 0. The van der Waals surface area contributed by atoms with Crippen LogP contribution >= 0.6 is 12.2 Å². The number of benzene rings is 1. The number of amides is 1. The van der Waals surface area contributed by atoms with E-state index in [-0.39, 0.29) is 5.91 Å². The number of rotatable bonds is 7. The maximum absolute atomic E-state index is 12.0. The minimum atomic E-state index is -0.0966. The fourth-order valence-corrected chi connectivity index (χ4v) is 1.92. The van der Waals surface area contributed by atoms with Crippen LogP contribution in [-0.4, -0.2) is 42.0 Å². The van der Waals surface area contributed by atoms with Crippen molar-refractivity contribution in [3.05, 3.63) is 35.4 Å². The van der Waals surface area contributed by atoms with E-state index in [4.69, 9.17) is 18.0 Å². The van der Waals surface area contributed by atoms with E-state index in [1.165, 1.54) is 0 Å². The number of thiocarbonyl (C=S) groups is 1. The summed E-state index contributed by atoms with van der Waals surface area (Å²) in [5, 5.41) is 2.91. The lowest BCUT2D eigenvalue weighted by Gasteiger charge is -2.23. The Morgan fingerprint density at radius 1 is 1.45 bits per heavy atom. The second-order valence-corrected chi connectivity index (χ2v) is 5.38. The number of hydrogen-bond acceptors (Lipinski definition) is 3. The number of nitrogens with zero attached hydrogens (tertiary/aromatic N) is 1. The molecule has 0 heterocycles. The Labute approximate surface area is 126 Å². The molecule has 0 aromatic heterocycles. The molecule has 0 fully saturated rings. The third-order valence-electron chi connectivity index (χ3n) is 3.50. The van der Waals surface area contributed by atoms with Crippen molar-refractivity contribution in [2.45, 2.75) is 26.3 Å². The van der Waals surface area contributed by atoms with Gasteiger partial charge in [-0.2, -0.15) is 0 Å². The van der Waals surface area contributed by atoms with Gasteiger partial charge in [0.15, 0.2) is 0 Å². The van der Waals surface area contributed by atoms with E-state index in [2.05, 4.69) is 31.1 Å². The van der Waals surface area contributed by atoms with Crippen LogP contribution in [0.5, 0.6) is 0 Å². The highest BCUT2D eigenvalue weighted by atomic mass is 32.1. The van der Waals surface area contributed by atoms with Gasteiger partial charge in [-0.15, -0.1) is 0 Å². The predicted octanol–water partition coefficient (Wildman–Crippen LogP) is 1.78. The van der Waals surface area contributed by atoms with Crippen molar-refractivity contribution in [3.63, 3.8) is 0 Å². The van der Waals surface area contributed by atoms with E-state index >= 15 is 0 Å². The Morgan fingerprint density at radius 3 is 2.70 bits per heavy atom.